The van der Waals surface area contributed by atoms with Gasteiger partial charge in [0.2, 0.25) is 4.90 Å². The van der Waals surface area contributed by atoms with Crippen molar-refractivity contribution in [3.63, 3.8) is 0 Å². The molecule has 4 fully saturated rings. The zero-order valence-electron chi connectivity index (χ0n) is 30.4. The number of aromatic nitrogens is 2. The second kappa shape index (κ2) is 16.1. The van der Waals surface area contributed by atoms with E-state index in [1.807, 2.05) is 11.8 Å². The number of ether oxygens (including phenoxy) is 2. The van der Waals surface area contributed by atoms with Gasteiger partial charge < -0.3 is 29.9 Å². The van der Waals surface area contributed by atoms with Gasteiger partial charge in [0.25, 0.3) is 0 Å². The number of hydrogen-bond acceptors (Lipinski definition) is 10. The van der Waals surface area contributed by atoms with Gasteiger partial charge in [-0.2, -0.15) is 4.55 Å². The van der Waals surface area contributed by atoms with Gasteiger partial charge in [-0.1, -0.05) is 60.7 Å². The second-order valence-corrected chi connectivity index (χ2v) is 17.8. The number of nitrogens with one attached hydrogen (secondary N) is 2. The monoisotopic (exact) mass is 751 g/mol. The zero-order valence-corrected chi connectivity index (χ0v) is 32.1. The maximum atomic E-state index is 10.5. The van der Waals surface area contributed by atoms with Crippen LogP contribution in [0.2, 0.25) is 0 Å². The van der Waals surface area contributed by atoms with Gasteiger partial charge in [-0.3, -0.25) is 0 Å². The molecule has 0 aliphatic carbocycles. The summed E-state index contributed by atoms with van der Waals surface area (Å²) < 4.78 is 21.5. The average Bonchev–Trinajstić information content (AvgIpc) is 3.79. The highest BCUT2D eigenvalue weighted by atomic mass is 32.2. The summed E-state index contributed by atoms with van der Waals surface area (Å²) in [6.45, 7) is 7.53. The van der Waals surface area contributed by atoms with Crippen LogP contribution in [0.25, 0.3) is 0 Å². The van der Waals surface area contributed by atoms with E-state index in [1.54, 1.807) is 0 Å². The number of hydrogen-bond donors (Lipinski definition) is 3. The number of rotatable bonds is 8. The first-order valence-corrected chi connectivity index (χ1v) is 21.9. The van der Waals surface area contributed by atoms with Gasteiger partial charge in [0.05, 0.1) is 22.0 Å². The van der Waals surface area contributed by atoms with Crippen molar-refractivity contribution in [1.82, 2.24) is 9.97 Å². The fourth-order valence-electron chi connectivity index (χ4n) is 8.32. The molecule has 4 saturated heterocycles. The maximum absolute atomic E-state index is 10.5. The molecule has 9 nitrogen and oxygen atoms in total. The Balaban J connectivity index is 0.000000141. The molecule has 11 heteroatoms. The van der Waals surface area contributed by atoms with Crippen molar-refractivity contribution in [3.8, 4) is 0 Å². The van der Waals surface area contributed by atoms with Crippen molar-refractivity contribution in [1.29, 1.82) is 0 Å². The molecule has 6 aliphatic heterocycles. The van der Waals surface area contributed by atoms with E-state index in [1.165, 1.54) is 27.4 Å². The summed E-state index contributed by atoms with van der Waals surface area (Å²) in [7, 11) is 0. The molecule has 2 aromatic carbocycles. The zero-order chi connectivity index (χ0) is 35.6. The third kappa shape index (κ3) is 7.87. The molecule has 0 radical (unpaired) electrons. The number of thioether (sulfide) groups is 1. The minimum atomic E-state index is -0.681. The van der Waals surface area contributed by atoms with E-state index in [2.05, 4.69) is 93.2 Å². The summed E-state index contributed by atoms with van der Waals surface area (Å²) in [6.07, 6.45) is 6.19. The largest absolute Gasteiger partial charge is 0.381 e. The molecule has 1 atom stereocenters. The van der Waals surface area contributed by atoms with Crippen molar-refractivity contribution in [2.45, 2.75) is 72.2 Å². The Hall–Kier alpha value is -3.48. The van der Waals surface area contributed by atoms with Crippen LogP contribution >= 0.6 is 11.8 Å². The Kier molecular flexibility index (Phi) is 10.7. The highest BCUT2D eigenvalue weighted by molar-refractivity contribution is 7.99. The Morgan fingerprint density at radius 2 is 1.17 bits per heavy atom. The smallest absolute Gasteiger partial charge is 0.234 e. The van der Waals surface area contributed by atoms with Crippen LogP contribution in [0.5, 0.6) is 0 Å². The first-order chi connectivity index (χ1) is 26.1. The van der Waals surface area contributed by atoms with Crippen LogP contribution in [-0.2, 0) is 33.5 Å². The summed E-state index contributed by atoms with van der Waals surface area (Å²) in [5.74, 6) is 5.37. The lowest BCUT2D eigenvalue weighted by Crippen LogP contribution is -2.45. The fourth-order valence-corrected chi connectivity index (χ4v) is 10.8. The van der Waals surface area contributed by atoms with Crippen LogP contribution in [0.15, 0.2) is 82.6 Å². The van der Waals surface area contributed by atoms with Crippen LogP contribution in [0.1, 0.15) is 60.0 Å². The van der Waals surface area contributed by atoms with Gasteiger partial charge in [-0.15, -0.1) is 11.8 Å². The third-order valence-electron chi connectivity index (χ3n) is 11.5. The lowest BCUT2D eigenvalue weighted by atomic mass is 9.91. The third-order valence-corrected chi connectivity index (χ3v) is 14.2. The first kappa shape index (κ1) is 35.2. The summed E-state index contributed by atoms with van der Waals surface area (Å²) in [5.41, 5.74) is 7.60. The maximum Gasteiger partial charge on any atom is 0.234 e. The number of fused-ring (bicyclic) bond motifs is 2. The van der Waals surface area contributed by atoms with Gasteiger partial charge in [0, 0.05) is 107 Å². The number of aryl methyl sites for hydroxylation is 2. The number of anilines is 4. The predicted octanol–water partition coefficient (Wildman–Crippen LogP) is 7.21. The Labute approximate surface area is 320 Å². The quantitative estimate of drug-likeness (QED) is 0.161. The minimum Gasteiger partial charge on any atom is -0.381 e. The fraction of sp³-hybridized carbons (Fsp3) is 0.476. The SMILES string of the molecule is O[S+]1CCc2nc(N3CC(c4ccccc4)C3)cc(NC3CCOCC3)c21.c1ccc(C2CN(c3cc(NC4CCOCC4)c4c(n3)CCS4)C2)cc1. The molecular weight excluding hydrogens is 701 g/mol. The minimum absolute atomic E-state index is 0.421. The number of benzene rings is 2. The summed E-state index contributed by atoms with van der Waals surface area (Å²) in [5, 5.41) is 7.50. The topological polar surface area (TPSA) is 95.0 Å². The first-order valence-electron chi connectivity index (χ1n) is 19.5. The molecule has 8 heterocycles. The number of pyridine rings is 2. The van der Waals surface area contributed by atoms with Gasteiger partial charge in [-0.25, -0.2) is 9.97 Å². The summed E-state index contributed by atoms with van der Waals surface area (Å²) >= 11 is 1.27. The predicted molar refractivity (Wildman–Crippen MR) is 217 cm³/mol. The highest BCUT2D eigenvalue weighted by Crippen LogP contribution is 2.42. The van der Waals surface area contributed by atoms with Gasteiger partial charge in [0.15, 0.2) is 16.9 Å². The van der Waals surface area contributed by atoms with E-state index in [-0.39, 0.29) is 0 Å². The van der Waals surface area contributed by atoms with Crippen molar-refractivity contribution in [3.05, 3.63) is 95.3 Å². The normalized spacial score (nSPS) is 21.9. The molecule has 0 spiro atoms. The number of nitrogens with zero attached hydrogens (tertiary/aromatic N) is 4. The van der Waals surface area contributed by atoms with E-state index in [4.69, 9.17) is 19.4 Å². The van der Waals surface area contributed by atoms with Gasteiger partial charge in [-0.05, 0) is 36.8 Å². The Morgan fingerprint density at radius 3 is 1.74 bits per heavy atom. The lowest BCUT2D eigenvalue weighted by molar-refractivity contribution is 0.0903. The van der Waals surface area contributed by atoms with Crippen molar-refractivity contribution in [2.75, 3.05) is 84.5 Å². The van der Waals surface area contributed by atoms with Crippen molar-refractivity contribution >= 4 is 45.9 Å². The van der Waals surface area contributed by atoms with Gasteiger partial charge in [0.1, 0.15) is 17.3 Å². The van der Waals surface area contributed by atoms with Crippen molar-refractivity contribution in [2.24, 2.45) is 0 Å². The Morgan fingerprint density at radius 1 is 0.660 bits per heavy atom. The van der Waals surface area contributed by atoms with Crippen LogP contribution in [0.4, 0.5) is 23.0 Å². The summed E-state index contributed by atoms with van der Waals surface area (Å²) in [6, 6.07) is 27.0. The molecule has 3 N–H and O–H groups in total. The molecule has 53 heavy (non-hydrogen) atoms. The van der Waals surface area contributed by atoms with Gasteiger partial charge >= 0.3 is 0 Å². The second-order valence-electron chi connectivity index (χ2n) is 15.1. The molecule has 0 amide bonds. The van der Waals surface area contributed by atoms with Crippen LogP contribution in [0.3, 0.4) is 0 Å². The highest BCUT2D eigenvalue weighted by Gasteiger charge is 2.39. The van der Waals surface area contributed by atoms with E-state index in [0.717, 1.165) is 131 Å². The van der Waals surface area contributed by atoms with Crippen LogP contribution < -0.4 is 20.4 Å². The summed E-state index contributed by atoms with van der Waals surface area (Å²) in [4.78, 5) is 17.1. The molecule has 6 aliphatic rings. The molecular formula is C42H51N6O3S2+. The van der Waals surface area contributed by atoms with Crippen LogP contribution in [-0.4, -0.2) is 90.7 Å². The molecule has 1 unspecified atom stereocenters. The standard InChI is InChI=1S/C21H26N3O2S.C21H25N3OS/c25-27-11-8-18-21(27)19(22-17-6-9-26-10-7-17)12-20(23-18)24-13-16(14-24)15-4-2-1-3-5-15;1-2-4-15(5-3-1)16-13-24(14-16)20-12-19(21-18(23-20)8-11-26-21)22-17-6-9-25-10-7-17/h1-5,12,16-17,25H,6-11,13-14H2,(H,22,23);1-5,12,16-17H,6-11,13-14H2,(H,22,23)/q+1;. The van der Waals surface area contributed by atoms with Crippen LogP contribution in [0, 0.1) is 0 Å². The van der Waals surface area contributed by atoms with E-state index < -0.39 is 11.2 Å². The molecule has 2 aromatic heterocycles. The molecule has 0 saturated carbocycles. The molecule has 4 aromatic rings. The van der Waals surface area contributed by atoms with Crippen molar-refractivity contribution < 1.29 is 14.0 Å². The molecule has 0 bridgehead atoms. The molecule has 278 valence electrons. The Bertz CT molecular complexity index is 1850. The van der Waals surface area contributed by atoms with E-state index in [0.29, 0.717) is 23.9 Å². The lowest BCUT2D eigenvalue weighted by Gasteiger charge is -2.41. The molecule has 10 rings (SSSR count). The average molecular weight is 752 g/mol. The van der Waals surface area contributed by atoms with E-state index >= 15 is 0 Å². The van der Waals surface area contributed by atoms with E-state index in [9.17, 15) is 4.55 Å².